The zero-order chi connectivity index (χ0) is 113. The highest BCUT2D eigenvalue weighted by Crippen LogP contribution is 2.45. The lowest BCUT2D eigenvalue weighted by Gasteiger charge is -2.20. The third-order valence-corrected chi connectivity index (χ3v) is 18.9. The van der Waals surface area contributed by atoms with Crippen molar-refractivity contribution in [2.75, 3.05) is 71.2 Å². The van der Waals surface area contributed by atoms with Gasteiger partial charge in [0.2, 0.25) is 29.5 Å². The molecular formula is C100H135N11O35. The molecule has 1 aromatic carbocycles. The number of hydrogen-bond acceptors (Lipinski definition) is 31. The lowest BCUT2D eigenvalue weighted by atomic mass is 9.85. The summed E-state index contributed by atoms with van der Waals surface area (Å²) < 4.78 is 15.6. The molecule has 46 heteroatoms. The van der Waals surface area contributed by atoms with E-state index in [-0.39, 0.29) is 107 Å². The number of carboxylic acids is 4. The van der Waals surface area contributed by atoms with Gasteiger partial charge in [0.05, 0.1) is 73.7 Å². The molecule has 8 atom stereocenters. The molecule has 2 saturated heterocycles. The summed E-state index contributed by atoms with van der Waals surface area (Å²) in [7, 11) is 1.45. The van der Waals surface area contributed by atoms with Crippen molar-refractivity contribution < 1.29 is 169 Å². The molecule has 10 rings (SSSR count). The molecule has 9 heterocycles. The van der Waals surface area contributed by atoms with Crippen molar-refractivity contribution in [2.24, 2.45) is 11.8 Å². The Hall–Kier alpha value is -15.9. The maximum Gasteiger partial charge on any atom is 0.328 e. The minimum absolute atomic E-state index is 0.0562. The van der Waals surface area contributed by atoms with Crippen molar-refractivity contribution in [3.8, 4) is 0 Å². The van der Waals surface area contributed by atoms with Gasteiger partial charge in [0.15, 0.2) is 23.1 Å². The van der Waals surface area contributed by atoms with Crippen LogP contribution in [0.5, 0.6) is 0 Å². The molecular weight excluding hydrogens is 1920 g/mol. The number of carboxylic acid groups (broad SMARTS) is 4. The number of anilines is 1. The first-order chi connectivity index (χ1) is 69.1. The topological polar surface area (TPSA) is 642 Å². The molecule has 8 N–H and O–H groups in total. The van der Waals surface area contributed by atoms with Crippen molar-refractivity contribution in [3.05, 3.63) is 190 Å². The Morgan fingerprint density at radius 1 is 0.397 bits per heavy atom. The number of benzene rings is 1. The van der Waals surface area contributed by atoms with Gasteiger partial charge in [-0.15, -0.1) is 31.4 Å². The van der Waals surface area contributed by atoms with E-state index in [2.05, 4.69) is 54.0 Å². The molecule has 8 unspecified atom stereocenters. The Morgan fingerprint density at radius 2 is 0.740 bits per heavy atom. The summed E-state index contributed by atoms with van der Waals surface area (Å²) in [5.41, 5.74) is 3.82. The van der Waals surface area contributed by atoms with E-state index in [0.717, 1.165) is 87.6 Å². The zero-order valence-corrected chi connectivity index (χ0v) is 85.1. The van der Waals surface area contributed by atoms with Crippen molar-refractivity contribution in [3.63, 3.8) is 0 Å². The van der Waals surface area contributed by atoms with Gasteiger partial charge in [-0.1, -0.05) is 58.9 Å². The van der Waals surface area contributed by atoms with Crippen molar-refractivity contribution >= 4 is 159 Å². The number of rotatable bonds is 38. The first-order valence-electron chi connectivity index (χ1n) is 46.0. The minimum atomic E-state index is -1.21. The van der Waals surface area contributed by atoms with Crippen LogP contribution < -0.4 is 26.3 Å². The number of ketones is 4. The molecule has 46 nitrogen and oxygen atoms in total. The number of hydroxylamine groups is 3. The van der Waals surface area contributed by atoms with Gasteiger partial charge in [0, 0.05) is 194 Å². The van der Waals surface area contributed by atoms with Crippen molar-refractivity contribution in [1.82, 2.24) is 51.0 Å². The average molecular weight is 2050 g/mol. The Balaban J connectivity index is -0.000000760. The fourth-order valence-corrected chi connectivity index (χ4v) is 11.8. The number of amides is 18. The van der Waals surface area contributed by atoms with E-state index in [9.17, 15) is 125 Å². The highest BCUT2D eigenvalue weighted by atomic mass is 16.7. The molecule has 0 aromatic heterocycles. The van der Waals surface area contributed by atoms with Crippen LogP contribution in [0, 0.1) is 11.8 Å². The third-order valence-electron chi connectivity index (χ3n) is 18.9. The number of ether oxygens (including phenoxy) is 3. The zero-order valence-electron chi connectivity index (χ0n) is 85.1. The number of fused-ring (bicyclic) bond motifs is 5. The standard InChI is InChI=1S/C12H19NO5.C12H11NO2.C11H15NO4.C10H15NO4.C10H11NO3.C10H13NO3.C6H9NO4.C6H7NO3.C6H9NO3.C6H7NO2.C5H5NO2.C2H6.2C2H4/c1-3-18-8-4-5-10(14)9(2)13-11(15)6-7-12(16)17;1-2-9-3-5-10(6-4-9)13-11(14)7-8-12(13)15;1-3-16-7-6-9(13)8(2)12-10(14)4-5-11(12)15;1-3-4-8(12)7(2)11-9(13)5-6-10(14)15;1-2-11-9(12)7-5-3-4-6(14-5)8(7)10(11)13;1-3-4-8(12)7(2)11-9(13)5-6-10(11)14;1-2-11-7-5(8)3-4-6(9)10;1-2-10-7-5(8)3-4-6(7)9;1-2-7-5(8)3-4-6(9)10;1-2-7-5(8)3-4-6(7)9;1-6-4(7)2-3-5(6)8;3*1-2/h6-7,9H,3-5,8H2,1-2H3,(H,13,15)(H,16,17);3-8H,2H2,1H3;4-5,8H,3,6-7H2,1-2H3;5-7H,3-4H2,1-2H3,(H,11,13)(H,14,15);3-8H,2H2,1H3;5-7H,3-4H2,1-2H3;3-4H,2H2,1H3,(H,7,8)(H,9,10);3-4H,2H2,1H3;3-4H,2H2,1H3,(H,7,8)(H,9,10);3-4H,2H2,1H3;2-3H,1H3;1-2H3;2*1-2H2/b7-6-;;;6-5-;;;4-3-;;4-3-;;;;;. The van der Waals surface area contributed by atoms with Crippen molar-refractivity contribution in [2.45, 2.75) is 199 Å². The summed E-state index contributed by atoms with van der Waals surface area (Å²) in [6.07, 6.45) is 29.2. The van der Waals surface area contributed by atoms with Crippen LogP contribution in [-0.2, 0) is 155 Å². The number of imide groups is 7. The van der Waals surface area contributed by atoms with Crippen LogP contribution in [0.25, 0.3) is 0 Å². The lowest BCUT2D eigenvalue weighted by molar-refractivity contribution is -0.184. The number of nitrogens with zero attached hydrogens (tertiary/aromatic N) is 7. The van der Waals surface area contributed by atoms with Gasteiger partial charge in [0.1, 0.15) is 0 Å². The van der Waals surface area contributed by atoms with Crippen LogP contribution in [0.15, 0.2) is 184 Å². The van der Waals surface area contributed by atoms with E-state index in [1.54, 1.807) is 67.5 Å². The first-order valence-corrected chi connectivity index (χ1v) is 46.0. The number of hydrogen-bond donors (Lipinski definition) is 8. The van der Waals surface area contributed by atoms with E-state index in [0.29, 0.717) is 90.6 Å². The van der Waals surface area contributed by atoms with E-state index < -0.39 is 101 Å². The molecule has 18 amide bonds. The predicted octanol–water partition coefficient (Wildman–Crippen LogP) is 5.03. The molecule has 2 bridgehead atoms. The summed E-state index contributed by atoms with van der Waals surface area (Å²) in [6, 6.07) is 4.89. The van der Waals surface area contributed by atoms with Crippen LogP contribution in [0.1, 0.15) is 161 Å². The Bertz CT molecular complexity index is 4900. The molecule has 1 aromatic rings. The van der Waals surface area contributed by atoms with Crippen LogP contribution in [0.2, 0.25) is 0 Å². The number of likely N-dealkylation sites (N-methyl/N-ethyl adjacent to an activating group) is 3. The first kappa shape index (κ1) is 136. The number of likely N-dealkylation sites (tertiary alicyclic amines) is 1. The Kier molecular flexibility index (Phi) is 72.5. The SMILES string of the molecule is C=C.C=C.CC.CCCC(=O)C(C)N1C(=O)C=CC1=O.CCCC(=O)C(C)NC(=O)/C=C\C(=O)O.CCN1C(=O)C2C3C=CC(O3)C2C1=O.CCN1C(=O)C=CC1=O.CCNC(=O)/C=C\C(=O)O.CCOCCC(=O)C(C)N1C(=O)C=CC1=O.CCOCCCC(=O)C(C)NC(=O)/C=C\C(=O)O.CCON1C(=O)C=CC1=O.CCONC(=O)/C=C\C(=O)O.CCc1ccc(N2C(=O)C=CC2=O)cc1.CN1C(=O)C=CC1=O. The second kappa shape index (κ2) is 77.7. The smallest absolute Gasteiger partial charge is 0.328 e. The summed E-state index contributed by atoms with van der Waals surface area (Å²) in [4.78, 5) is 300. The second-order valence-corrected chi connectivity index (χ2v) is 29.0. The molecule has 0 spiro atoms. The summed E-state index contributed by atoms with van der Waals surface area (Å²) in [5, 5.41) is 40.7. The molecule has 146 heavy (non-hydrogen) atoms. The van der Waals surface area contributed by atoms with Crippen LogP contribution in [0.3, 0.4) is 0 Å². The minimum Gasteiger partial charge on any atom is -0.478 e. The Labute approximate surface area is 846 Å². The number of Topliss-reactive ketones (excluding diaryl/α,β-unsaturated/α-hetero) is 4. The van der Waals surface area contributed by atoms with Gasteiger partial charge in [-0.2, -0.15) is 0 Å². The lowest BCUT2D eigenvalue weighted by Crippen LogP contribution is -2.43. The van der Waals surface area contributed by atoms with E-state index in [1.807, 2.05) is 78.2 Å². The predicted molar refractivity (Wildman–Crippen MR) is 528 cm³/mol. The number of aliphatic carboxylic acids is 4. The molecule has 0 radical (unpaired) electrons. The average Bonchev–Trinajstić information content (AvgIpc) is 1.57. The summed E-state index contributed by atoms with van der Waals surface area (Å²) in [6.45, 7) is 44.7. The van der Waals surface area contributed by atoms with Crippen LogP contribution in [-0.4, -0.2) is 306 Å². The molecule has 0 saturated carbocycles. The van der Waals surface area contributed by atoms with E-state index in [4.69, 9.17) is 39.5 Å². The molecule has 9 aliphatic rings. The van der Waals surface area contributed by atoms with Gasteiger partial charge in [-0.3, -0.25) is 140 Å². The van der Waals surface area contributed by atoms with Gasteiger partial charge >= 0.3 is 23.9 Å². The van der Waals surface area contributed by atoms with Gasteiger partial charge in [-0.05, 0) is 120 Å². The Morgan fingerprint density at radius 3 is 1.08 bits per heavy atom. The van der Waals surface area contributed by atoms with Crippen LogP contribution >= 0.6 is 0 Å². The van der Waals surface area contributed by atoms with Gasteiger partial charge in [-0.25, -0.2) is 29.6 Å². The summed E-state index contributed by atoms with van der Waals surface area (Å²) in [5.74, 6) is -11.7. The largest absolute Gasteiger partial charge is 0.478 e. The highest BCUT2D eigenvalue weighted by molar-refractivity contribution is 6.28. The number of carbonyl (C=O) groups is 26. The summed E-state index contributed by atoms with van der Waals surface area (Å²) >= 11 is 0. The second-order valence-electron chi connectivity index (χ2n) is 29.0. The number of carbonyl (C=O) groups excluding carboxylic acids is 22. The highest BCUT2D eigenvalue weighted by Gasteiger charge is 2.60. The molecule has 0 aliphatic carbocycles. The molecule has 800 valence electrons. The van der Waals surface area contributed by atoms with Gasteiger partial charge in [0.25, 0.3) is 76.8 Å². The maximum absolute atomic E-state index is 11.8. The normalized spacial score (nSPS) is 16.9. The quantitative estimate of drug-likeness (QED) is 0.0141. The number of nitrogens with one attached hydrogen (secondary N) is 4. The number of aryl methyl sites for hydroxylation is 1. The van der Waals surface area contributed by atoms with Crippen molar-refractivity contribution in [1.29, 1.82) is 0 Å². The molecule has 9 aliphatic heterocycles. The monoisotopic (exact) mass is 2050 g/mol. The fraction of sp³-hybridized carbons (Fsp3) is 0.420. The molecule has 2 fully saturated rings. The van der Waals surface area contributed by atoms with Crippen LogP contribution in [0.4, 0.5) is 5.69 Å². The van der Waals surface area contributed by atoms with Gasteiger partial charge < -0.3 is 50.6 Å². The van der Waals surface area contributed by atoms with E-state index in [1.165, 1.54) is 100 Å². The fourth-order valence-electron chi connectivity index (χ4n) is 11.8. The third kappa shape index (κ3) is 52.7. The maximum atomic E-state index is 11.8. The van der Waals surface area contributed by atoms with E-state index >= 15 is 0 Å².